The van der Waals surface area contributed by atoms with Crippen molar-refractivity contribution in [3.8, 4) is 5.75 Å². The Morgan fingerprint density at radius 1 is 0.933 bits per heavy atom. The quantitative estimate of drug-likeness (QED) is 0.492. The minimum absolute atomic E-state index is 0.00644. The van der Waals surface area contributed by atoms with Crippen molar-refractivity contribution in [3.05, 3.63) is 58.6 Å². The number of halogens is 1. The Kier molecular flexibility index (Phi) is 9.97. The zero-order valence-electron chi connectivity index (χ0n) is 25.5. The second-order valence-electron chi connectivity index (χ2n) is 12.3. The highest BCUT2D eigenvalue weighted by Crippen LogP contribution is 2.27. The van der Waals surface area contributed by atoms with Crippen LogP contribution in [-0.2, 0) is 27.1 Å². The number of carbonyl (C=O) groups excluding carboxylic acids is 3. The Bertz CT molecular complexity index is 1370. The first kappa shape index (κ1) is 31.4. The predicted octanol–water partition coefficient (Wildman–Crippen LogP) is 3.97. The lowest BCUT2D eigenvalue weighted by atomic mass is 10.0. The smallest absolute Gasteiger partial charge is 0.410 e. The molecule has 2 N–H and O–H groups in total. The molecule has 45 heavy (non-hydrogen) atoms. The molecule has 4 aliphatic heterocycles. The number of fused-ring (bicyclic) bond motifs is 1. The van der Waals surface area contributed by atoms with Crippen molar-refractivity contribution in [2.24, 2.45) is 0 Å². The lowest BCUT2D eigenvalue weighted by molar-refractivity contribution is -0.143. The number of likely N-dealkylation sites (tertiary alicyclic amines) is 1. The summed E-state index contributed by atoms with van der Waals surface area (Å²) < 4.78 is 11.5. The molecule has 4 heterocycles. The van der Waals surface area contributed by atoms with Gasteiger partial charge in [-0.1, -0.05) is 35.9 Å². The van der Waals surface area contributed by atoms with Gasteiger partial charge in [0, 0.05) is 83.2 Å². The van der Waals surface area contributed by atoms with E-state index in [9.17, 15) is 19.5 Å². The van der Waals surface area contributed by atoms with Gasteiger partial charge in [-0.15, -0.1) is 0 Å². The molecule has 242 valence electrons. The van der Waals surface area contributed by atoms with E-state index in [1.165, 1.54) is 6.07 Å². The lowest BCUT2D eigenvalue weighted by Gasteiger charge is -2.41. The number of hydrogen-bond donors (Lipinski definition) is 2. The van der Waals surface area contributed by atoms with Crippen LogP contribution < -0.4 is 5.32 Å². The van der Waals surface area contributed by atoms with Crippen molar-refractivity contribution < 1.29 is 29.0 Å². The normalized spacial score (nSPS) is 21.1. The number of nitrogens with zero attached hydrogens (tertiary/aromatic N) is 4. The number of anilines is 1. The maximum Gasteiger partial charge on any atom is 0.410 e. The molecule has 0 saturated carbocycles. The largest absolute Gasteiger partial charge is 0.506 e. The zero-order valence-corrected chi connectivity index (χ0v) is 26.3. The van der Waals surface area contributed by atoms with E-state index in [4.69, 9.17) is 21.1 Å². The molecule has 4 aliphatic rings. The Labute approximate surface area is 269 Å². The minimum atomic E-state index is -1.03. The van der Waals surface area contributed by atoms with Gasteiger partial charge in [0.1, 0.15) is 5.75 Å². The van der Waals surface area contributed by atoms with Crippen molar-refractivity contribution in [2.75, 3.05) is 64.3 Å². The summed E-state index contributed by atoms with van der Waals surface area (Å²) in [5, 5.41) is 13.1. The lowest BCUT2D eigenvalue weighted by Crippen LogP contribution is -2.56. The van der Waals surface area contributed by atoms with Crippen LogP contribution in [0.4, 0.5) is 15.3 Å². The highest BCUT2D eigenvalue weighted by atomic mass is 35.5. The van der Waals surface area contributed by atoms with E-state index in [0.717, 1.165) is 56.8 Å². The summed E-state index contributed by atoms with van der Waals surface area (Å²) in [6, 6.07) is 13.0. The van der Waals surface area contributed by atoms with Crippen molar-refractivity contribution >= 4 is 35.3 Å². The molecule has 0 unspecified atom stereocenters. The maximum absolute atomic E-state index is 13.8. The molecule has 1 atom stereocenters. The number of hydrogen-bond acceptors (Lipinski definition) is 7. The average molecular weight is 640 g/mol. The third-order valence-corrected chi connectivity index (χ3v) is 9.89. The van der Waals surface area contributed by atoms with E-state index < -0.39 is 12.2 Å². The first-order chi connectivity index (χ1) is 21.9. The molecule has 0 radical (unpaired) electrons. The van der Waals surface area contributed by atoms with Crippen LogP contribution in [0.5, 0.6) is 5.75 Å². The van der Waals surface area contributed by atoms with Crippen LogP contribution in [-0.4, -0.2) is 120 Å². The number of rotatable bonds is 6. The van der Waals surface area contributed by atoms with E-state index in [-0.39, 0.29) is 35.2 Å². The monoisotopic (exact) mass is 639 g/mol. The number of carbonyl (C=O) groups is 3. The summed E-state index contributed by atoms with van der Waals surface area (Å²) in [5.41, 5.74) is 2.66. The number of amides is 4. The van der Waals surface area contributed by atoms with Gasteiger partial charge < -0.3 is 34.6 Å². The van der Waals surface area contributed by atoms with Crippen LogP contribution >= 0.6 is 11.6 Å². The van der Waals surface area contributed by atoms with E-state index in [0.29, 0.717) is 57.2 Å². The summed E-state index contributed by atoms with van der Waals surface area (Å²) in [6.07, 6.45) is 2.61. The molecule has 3 fully saturated rings. The predicted molar refractivity (Wildman–Crippen MR) is 170 cm³/mol. The molecule has 11 nitrogen and oxygen atoms in total. The third-order valence-electron chi connectivity index (χ3n) is 9.59. The first-order valence-electron chi connectivity index (χ1n) is 16.0. The van der Waals surface area contributed by atoms with Crippen LogP contribution in [0.25, 0.3) is 0 Å². The fourth-order valence-corrected chi connectivity index (χ4v) is 7.13. The highest BCUT2D eigenvalue weighted by Gasteiger charge is 2.36. The topological polar surface area (TPSA) is 115 Å². The van der Waals surface area contributed by atoms with Gasteiger partial charge in [0.15, 0.2) is 6.10 Å². The Morgan fingerprint density at radius 2 is 1.67 bits per heavy atom. The Balaban J connectivity index is 1.07. The molecule has 12 heteroatoms. The number of nitrogens with one attached hydrogen (secondary N) is 1. The molecule has 2 aromatic carbocycles. The van der Waals surface area contributed by atoms with E-state index >= 15 is 0 Å². The van der Waals surface area contributed by atoms with Crippen LogP contribution in [0.15, 0.2) is 42.5 Å². The first-order valence-corrected chi connectivity index (χ1v) is 16.4. The molecular weight excluding hydrogens is 598 g/mol. The number of aromatic hydroxyl groups is 1. The molecule has 6 rings (SSSR count). The van der Waals surface area contributed by atoms with Crippen molar-refractivity contribution in [2.45, 2.75) is 56.7 Å². The summed E-state index contributed by atoms with van der Waals surface area (Å²) in [5.74, 6) is -0.274. The fraction of sp³-hybridized carbons (Fsp3) is 0.545. The average Bonchev–Trinajstić information content (AvgIpc) is 3.24. The van der Waals surface area contributed by atoms with Gasteiger partial charge >= 0.3 is 12.1 Å². The second-order valence-corrected chi connectivity index (χ2v) is 12.7. The second kappa shape index (κ2) is 14.3. The minimum Gasteiger partial charge on any atom is -0.506 e. The number of benzene rings is 2. The SMILES string of the molecule is O=C(O[C@H](Cc1ccc(O)c(Cl)c1)C(=O)N1CCN(C2CCOCC2)CC1)N1CCC(N2CCc3ccccc3NC2=O)CC1. The number of piperidine rings is 1. The molecule has 2 aromatic rings. The zero-order chi connectivity index (χ0) is 31.3. The molecule has 4 amide bonds. The van der Waals surface area contributed by atoms with E-state index in [1.807, 2.05) is 29.2 Å². The van der Waals surface area contributed by atoms with Gasteiger partial charge in [0.2, 0.25) is 0 Å². The fourth-order valence-electron chi connectivity index (χ4n) is 6.93. The number of piperazine rings is 1. The molecule has 0 aromatic heterocycles. The summed E-state index contributed by atoms with van der Waals surface area (Å²) in [6.45, 7) is 5.68. The van der Waals surface area contributed by atoms with Gasteiger partial charge in [0.05, 0.1) is 5.02 Å². The Morgan fingerprint density at radius 3 is 2.40 bits per heavy atom. The third kappa shape index (κ3) is 7.48. The maximum atomic E-state index is 13.8. The number of phenols is 1. The van der Waals surface area contributed by atoms with Crippen LogP contribution in [0, 0.1) is 0 Å². The van der Waals surface area contributed by atoms with Crippen LogP contribution in [0.3, 0.4) is 0 Å². The van der Waals surface area contributed by atoms with Gasteiger partial charge in [-0.25, -0.2) is 9.59 Å². The number of urea groups is 1. The van der Waals surface area contributed by atoms with Gasteiger partial charge in [-0.2, -0.15) is 0 Å². The standard InChI is InChI=1S/C33H42ClN5O6/c34-27-21-23(5-6-29(27)40)22-30(31(41)37-17-15-36(16-18-37)25-10-19-44-20-11-25)45-33(43)38-12-8-26(9-13-38)39-14-7-24-3-1-2-4-28(24)35-32(39)42/h1-6,21,25-26,30,40H,7-20,22H2,(H,35,42)/t30-/m1/s1. The molecule has 0 bridgehead atoms. The summed E-state index contributed by atoms with van der Waals surface area (Å²) >= 11 is 6.16. The number of ether oxygens (including phenoxy) is 2. The van der Waals surface area contributed by atoms with Crippen LogP contribution in [0.1, 0.15) is 36.8 Å². The van der Waals surface area contributed by atoms with Crippen molar-refractivity contribution in [3.63, 3.8) is 0 Å². The van der Waals surface area contributed by atoms with Gasteiger partial charge in [-0.3, -0.25) is 9.69 Å². The van der Waals surface area contributed by atoms with Crippen molar-refractivity contribution in [1.29, 1.82) is 0 Å². The van der Waals surface area contributed by atoms with Gasteiger partial charge in [0.25, 0.3) is 5.91 Å². The van der Waals surface area contributed by atoms with Crippen LogP contribution in [0.2, 0.25) is 5.02 Å². The van der Waals surface area contributed by atoms with Gasteiger partial charge in [-0.05, 0) is 61.4 Å². The molecular formula is C33H42ClN5O6. The Hall–Kier alpha value is -3.54. The molecule has 0 spiro atoms. The summed E-state index contributed by atoms with van der Waals surface area (Å²) in [4.78, 5) is 48.1. The number of para-hydroxylation sites is 1. The van der Waals surface area contributed by atoms with E-state index in [2.05, 4.69) is 10.2 Å². The number of phenolic OH excluding ortho intramolecular Hbond substituents is 1. The summed E-state index contributed by atoms with van der Waals surface area (Å²) in [7, 11) is 0. The van der Waals surface area contributed by atoms with Crippen molar-refractivity contribution in [1.82, 2.24) is 19.6 Å². The highest BCUT2D eigenvalue weighted by molar-refractivity contribution is 6.32. The van der Waals surface area contributed by atoms with E-state index in [1.54, 1.807) is 21.9 Å². The molecule has 3 saturated heterocycles. The molecule has 0 aliphatic carbocycles.